The van der Waals surface area contributed by atoms with Crippen molar-refractivity contribution in [3.05, 3.63) is 95.2 Å². The van der Waals surface area contributed by atoms with Crippen molar-refractivity contribution < 1.29 is 23.9 Å². The zero-order valence-corrected chi connectivity index (χ0v) is 20.1. The molecule has 3 aromatic carbocycles. The molecular weight excluding hydrogens is 458 g/mol. The molecule has 0 radical (unpaired) electrons. The summed E-state index contributed by atoms with van der Waals surface area (Å²) in [7, 11) is 1.55. The summed E-state index contributed by atoms with van der Waals surface area (Å²) in [5, 5.41) is 5.33. The van der Waals surface area contributed by atoms with Crippen LogP contribution in [-0.2, 0) is 22.6 Å². The maximum absolute atomic E-state index is 12.9. The molecule has 0 bridgehead atoms. The SMILES string of the molecule is CCc1ccccc1NC(=O)CN1C(=O)N/C(=C/c2ccc(OC)c(OCc3ccccc3)c2)C1=O. The Morgan fingerprint density at radius 1 is 1.00 bits per heavy atom. The Bertz CT molecular complexity index is 1300. The summed E-state index contributed by atoms with van der Waals surface area (Å²) >= 11 is 0. The van der Waals surface area contributed by atoms with Gasteiger partial charge >= 0.3 is 6.03 Å². The van der Waals surface area contributed by atoms with Crippen LogP contribution in [0.4, 0.5) is 10.5 Å². The minimum atomic E-state index is -0.653. The number of urea groups is 1. The first-order valence-electron chi connectivity index (χ1n) is 11.6. The lowest BCUT2D eigenvalue weighted by molar-refractivity contribution is -0.127. The van der Waals surface area contributed by atoms with Gasteiger partial charge in [-0.1, -0.05) is 61.5 Å². The fourth-order valence-electron chi connectivity index (χ4n) is 3.80. The molecule has 1 heterocycles. The molecule has 0 saturated carbocycles. The Morgan fingerprint density at radius 2 is 1.75 bits per heavy atom. The predicted octanol–water partition coefficient (Wildman–Crippen LogP) is 4.37. The van der Waals surface area contributed by atoms with Gasteiger partial charge in [-0.2, -0.15) is 0 Å². The van der Waals surface area contributed by atoms with Crippen molar-refractivity contribution in [2.24, 2.45) is 0 Å². The average molecular weight is 486 g/mol. The van der Waals surface area contributed by atoms with Gasteiger partial charge in [-0.15, -0.1) is 0 Å². The minimum absolute atomic E-state index is 0.0703. The number of imide groups is 1. The van der Waals surface area contributed by atoms with Crippen molar-refractivity contribution in [3.63, 3.8) is 0 Å². The van der Waals surface area contributed by atoms with E-state index >= 15 is 0 Å². The Balaban J connectivity index is 1.46. The van der Waals surface area contributed by atoms with Crippen LogP contribution < -0.4 is 20.1 Å². The number of anilines is 1. The molecule has 1 aliphatic rings. The number of amides is 4. The van der Waals surface area contributed by atoms with Crippen molar-refractivity contribution in [1.82, 2.24) is 10.2 Å². The van der Waals surface area contributed by atoms with Crippen molar-refractivity contribution >= 4 is 29.6 Å². The molecule has 0 atom stereocenters. The normalized spacial score (nSPS) is 14.1. The molecule has 8 heteroatoms. The van der Waals surface area contributed by atoms with E-state index in [1.165, 1.54) is 0 Å². The Morgan fingerprint density at radius 3 is 2.50 bits per heavy atom. The number of hydrogen-bond donors (Lipinski definition) is 2. The molecule has 2 N–H and O–H groups in total. The fraction of sp³-hybridized carbons (Fsp3) is 0.179. The quantitative estimate of drug-likeness (QED) is 0.347. The Kier molecular flexibility index (Phi) is 7.65. The summed E-state index contributed by atoms with van der Waals surface area (Å²) in [5.41, 5.74) is 3.33. The number of benzene rings is 3. The average Bonchev–Trinajstić information content (AvgIpc) is 3.15. The van der Waals surface area contributed by atoms with Gasteiger partial charge in [0.2, 0.25) is 5.91 Å². The van der Waals surface area contributed by atoms with E-state index in [2.05, 4.69) is 10.6 Å². The zero-order chi connectivity index (χ0) is 25.5. The van der Waals surface area contributed by atoms with Crippen molar-refractivity contribution in [2.45, 2.75) is 20.0 Å². The van der Waals surface area contributed by atoms with Crippen LogP contribution >= 0.6 is 0 Å². The van der Waals surface area contributed by atoms with E-state index in [1.54, 1.807) is 37.5 Å². The van der Waals surface area contributed by atoms with E-state index in [4.69, 9.17) is 9.47 Å². The van der Waals surface area contributed by atoms with Gasteiger partial charge in [0.05, 0.1) is 7.11 Å². The number of carbonyl (C=O) groups is 3. The molecule has 3 aromatic rings. The first-order valence-corrected chi connectivity index (χ1v) is 11.6. The molecule has 1 saturated heterocycles. The van der Waals surface area contributed by atoms with E-state index < -0.39 is 24.4 Å². The number of para-hydroxylation sites is 1. The van der Waals surface area contributed by atoms with Crippen LogP contribution in [0.3, 0.4) is 0 Å². The number of nitrogens with one attached hydrogen (secondary N) is 2. The van der Waals surface area contributed by atoms with Gasteiger partial charge in [-0.3, -0.25) is 9.59 Å². The second-order valence-corrected chi connectivity index (χ2v) is 8.12. The van der Waals surface area contributed by atoms with Gasteiger partial charge in [-0.05, 0) is 47.4 Å². The molecular formula is C28H27N3O5. The van der Waals surface area contributed by atoms with Crippen LogP contribution in [-0.4, -0.2) is 36.4 Å². The molecule has 0 unspecified atom stereocenters. The highest BCUT2D eigenvalue weighted by atomic mass is 16.5. The van der Waals surface area contributed by atoms with E-state index in [0.717, 1.165) is 22.4 Å². The van der Waals surface area contributed by atoms with Crippen molar-refractivity contribution in [1.29, 1.82) is 0 Å². The van der Waals surface area contributed by atoms with Gasteiger partial charge in [-0.25, -0.2) is 9.69 Å². The maximum atomic E-state index is 12.9. The Labute approximate surface area is 209 Å². The molecule has 36 heavy (non-hydrogen) atoms. The largest absolute Gasteiger partial charge is 0.493 e. The molecule has 4 amide bonds. The summed E-state index contributed by atoms with van der Waals surface area (Å²) in [5.74, 6) is 0.00187. The third-order valence-corrected chi connectivity index (χ3v) is 5.67. The maximum Gasteiger partial charge on any atom is 0.329 e. The zero-order valence-electron chi connectivity index (χ0n) is 20.1. The van der Waals surface area contributed by atoms with Crippen LogP contribution in [0.15, 0.2) is 78.5 Å². The number of nitrogens with zero attached hydrogens (tertiary/aromatic N) is 1. The summed E-state index contributed by atoms with van der Waals surface area (Å²) < 4.78 is 11.3. The first-order chi connectivity index (χ1) is 17.5. The van der Waals surface area contributed by atoms with E-state index in [-0.39, 0.29) is 5.70 Å². The first kappa shape index (κ1) is 24.5. The summed E-state index contributed by atoms with van der Waals surface area (Å²) in [6, 6.07) is 21.7. The lowest BCUT2D eigenvalue weighted by Gasteiger charge is -2.13. The molecule has 0 spiro atoms. The lowest BCUT2D eigenvalue weighted by Crippen LogP contribution is -2.38. The number of carbonyl (C=O) groups excluding carboxylic acids is 3. The van der Waals surface area contributed by atoms with Crippen LogP contribution in [0.25, 0.3) is 6.08 Å². The molecule has 1 fully saturated rings. The second kappa shape index (κ2) is 11.2. The second-order valence-electron chi connectivity index (χ2n) is 8.12. The highest BCUT2D eigenvalue weighted by Crippen LogP contribution is 2.30. The number of methoxy groups -OCH3 is 1. The van der Waals surface area contributed by atoms with Gasteiger partial charge < -0.3 is 20.1 Å². The number of ether oxygens (including phenoxy) is 2. The van der Waals surface area contributed by atoms with E-state index in [9.17, 15) is 14.4 Å². The van der Waals surface area contributed by atoms with Gasteiger partial charge in [0.15, 0.2) is 11.5 Å². The molecule has 0 aliphatic carbocycles. The highest BCUT2D eigenvalue weighted by molar-refractivity contribution is 6.16. The highest BCUT2D eigenvalue weighted by Gasteiger charge is 2.35. The van der Waals surface area contributed by atoms with Crippen LogP contribution in [0.2, 0.25) is 0 Å². The third-order valence-electron chi connectivity index (χ3n) is 5.67. The molecule has 8 nitrogen and oxygen atoms in total. The van der Waals surface area contributed by atoms with E-state index in [1.807, 2.05) is 55.5 Å². The molecule has 0 aromatic heterocycles. The molecule has 1 aliphatic heterocycles. The number of rotatable bonds is 9. The molecule has 184 valence electrons. The number of aryl methyl sites for hydroxylation is 1. The van der Waals surface area contributed by atoms with Gasteiger partial charge in [0.25, 0.3) is 5.91 Å². The lowest BCUT2D eigenvalue weighted by atomic mass is 10.1. The standard InChI is InChI=1S/C28H27N3O5/c1-3-21-11-7-8-12-22(21)29-26(32)17-31-27(33)23(30-28(31)34)15-20-13-14-24(35-2)25(16-20)36-18-19-9-5-4-6-10-19/h4-16H,3,17-18H2,1-2H3,(H,29,32)(H,30,34)/b23-15+. The summed E-state index contributed by atoms with van der Waals surface area (Å²) in [6.07, 6.45) is 2.28. The summed E-state index contributed by atoms with van der Waals surface area (Å²) in [4.78, 5) is 38.8. The number of hydrogen-bond acceptors (Lipinski definition) is 5. The fourth-order valence-corrected chi connectivity index (χ4v) is 3.80. The predicted molar refractivity (Wildman–Crippen MR) is 136 cm³/mol. The summed E-state index contributed by atoms with van der Waals surface area (Å²) in [6.45, 7) is 1.93. The van der Waals surface area contributed by atoms with Crippen LogP contribution in [0.5, 0.6) is 11.5 Å². The van der Waals surface area contributed by atoms with Gasteiger partial charge in [0, 0.05) is 5.69 Å². The Hall–Kier alpha value is -4.59. The molecule has 4 rings (SSSR count). The van der Waals surface area contributed by atoms with Crippen LogP contribution in [0.1, 0.15) is 23.6 Å². The van der Waals surface area contributed by atoms with Crippen molar-refractivity contribution in [3.8, 4) is 11.5 Å². The topological polar surface area (TPSA) is 97.0 Å². The van der Waals surface area contributed by atoms with Gasteiger partial charge in [0.1, 0.15) is 18.8 Å². The minimum Gasteiger partial charge on any atom is -0.493 e. The van der Waals surface area contributed by atoms with Crippen molar-refractivity contribution in [2.75, 3.05) is 19.0 Å². The monoisotopic (exact) mass is 485 g/mol. The van der Waals surface area contributed by atoms with Crippen LogP contribution in [0, 0.1) is 0 Å². The van der Waals surface area contributed by atoms with E-state index in [0.29, 0.717) is 29.4 Å². The smallest absolute Gasteiger partial charge is 0.329 e. The third kappa shape index (κ3) is 5.72.